The van der Waals surface area contributed by atoms with Crippen LogP contribution < -0.4 is 5.32 Å². The van der Waals surface area contributed by atoms with Crippen molar-refractivity contribution in [1.29, 1.82) is 0 Å². The van der Waals surface area contributed by atoms with Gasteiger partial charge in [-0.15, -0.1) is 0 Å². The van der Waals surface area contributed by atoms with Gasteiger partial charge in [0.25, 0.3) is 0 Å². The summed E-state index contributed by atoms with van der Waals surface area (Å²) in [5.41, 5.74) is 0.430. The summed E-state index contributed by atoms with van der Waals surface area (Å²) in [4.78, 5) is 2.74. The molecule has 0 aromatic rings. The van der Waals surface area contributed by atoms with Gasteiger partial charge in [-0.1, -0.05) is 13.3 Å². The highest BCUT2D eigenvalue weighted by molar-refractivity contribution is 5.03. The lowest BCUT2D eigenvalue weighted by molar-refractivity contribution is 0.0802. The van der Waals surface area contributed by atoms with E-state index in [9.17, 15) is 0 Å². The molecule has 2 nitrogen and oxygen atoms in total. The van der Waals surface area contributed by atoms with Crippen LogP contribution in [0.4, 0.5) is 0 Å². The normalized spacial score (nSPS) is 37.1. The van der Waals surface area contributed by atoms with Crippen LogP contribution in [0.15, 0.2) is 0 Å². The number of likely N-dealkylation sites (tertiary alicyclic amines) is 1. The van der Waals surface area contributed by atoms with Crippen LogP contribution in [0.3, 0.4) is 0 Å². The van der Waals surface area contributed by atoms with Gasteiger partial charge in [0.05, 0.1) is 0 Å². The Bertz CT molecular complexity index is 219. The summed E-state index contributed by atoms with van der Waals surface area (Å²) in [5, 5.41) is 3.87. The maximum atomic E-state index is 3.87. The van der Waals surface area contributed by atoms with Gasteiger partial charge in [0.2, 0.25) is 0 Å². The molecule has 2 unspecified atom stereocenters. The number of hydrogen-bond donors (Lipinski definition) is 1. The van der Waals surface area contributed by atoms with Crippen molar-refractivity contribution < 1.29 is 0 Å². The second-order valence-electron chi connectivity index (χ2n) is 5.88. The monoisotopic (exact) mass is 224 g/mol. The van der Waals surface area contributed by atoms with Crippen LogP contribution in [0.2, 0.25) is 0 Å². The van der Waals surface area contributed by atoms with Gasteiger partial charge in [-0.25, -0.2) is 0 Å². The Hall–Kier alpha value is -0.0800. The molecule has 0 amide bonds. The van der Waals surface area contributed by atoms with Gasteiger partial charge in [-0.05, 0) is 59.0 Å². The first kappa shape index (κ1) is 12.4. The number of nitrogens with one attached hydrogen (secondary N) is 1. The molecule has 16 heavy (non-hydrogen) atoms. The summed E-state index contributed by atoms with van der Waals surface area (Å²) in [6, 6.07) is 1.50. The lowest BCUT2D eigenvalue weighted by Gasteiger charge is -2.47. The third-order valence-corrected chi connectivity index (χ3v) is 4.75. The molecule has 2 heterocycles. The molecule has 0 bridgehead atoms. The standard InChI is InChI=1S/C14H28N2/c1-4-14(9-5-6-10-15-14)13-8-7-11-16(13)12(2)3/h12-13,15H,4-11H2,1-3H3. The van der Waals surface area contributed by atoms with E-state index < -0.39 is 0 Å². The maximum Gasteiger partial charge on any atom is 0.0334 e. The highest BCUT2D eigenvalue weighted by Crippen LogP contribution is 2.36. The molecular formula is C14H28N2. The average molecular weight is 224 g/mol. The summed E-state index contributed by atoms with van der Waals surface area (Å²) < 4.78 is 0. The Morgan fingerprint density at radius 2 is 2.12 bits per heavy atom. The number of nitrogens with zero attached hydrogens (tertiary/aromatic N) is 1. The molecule has 2 fully saturated rings. The van der Waals surface area contributed by atoms with Gasteiger partial charge in [0.15, 0.2) is 0 Å². The van der Waals surface area contributed by atoms with E-state index in [0.717, 1.165) is 6.04 Å². The molecule has 1 N–H and O–H groups in total. The summed E-state index contributed by atoms with van der Waals surface area (Å²) in [7, 11) is 0. The molecule has 94 valence electrons. The van der Waals surface area contributed by atoms with Gasteiger partial charge < -0.3 is 5.32 Å². The molecule has 2 saturated heterocycles. The lowest BCUT2D eigenvalue weighted by atomic mass is 9.78. The molecule has 0 aliphatic carbocycles. The van der Waals surface area contributed by atoms with Crippen molar-refractivity contribution in [1.82, 2.24) is 10.2 Å². The quantitative estimate of drug-likeness (QED) is 0.793. The molecule has 2 rings (SSSR count). The fourth-order valence-electron chi connectivity index (χ4n) is 3.81. The molecule has 2 atom stereocenters. The fourth-order valence-corrected chi connectivity index (χ4v) is 3.81. The first-order valence-electron chi connectivity index (χ1n) is 7.20. The second kappa shape index (κ2) is 5.05. The van der Waals surface area contributed by atoms with Gasteiger partial charge in [0.1, 0.15) is 0 Å². The fraction of sp³-hybridized carbons (Fsp3) is 1.00. The molecule has 0 radical (unpaired) electrons. The van der Waals surface area contributed by atoms with Crippen molar-refractivity contribution in [3.05, 3.63) is 0 Å². The predicted octanol–water partition coefficient (Wildman–Crippen LogP) is 2.78. The molecule has 2 aliphatic rings. The maximum absolute atomic E-state index is 3.87. The first-order chi connectivity index (χ1) is 7.69. The number of rotatable bonds is 3. The minimum absolute atomic E-state index is 0.430. The van der Waals surface area contributed by atoms with Crippen LogP contribution in [0, 0.1) is 0 Å². The van der Waals surface area contributed by atoms with Crippen LogP contribution in [0.5, 0.6) is 0 Å². The molecule has 0 aromatic carbocycles. The summed E-state index contributed by atoms with van der Waals surface area (Å²) >= 11 is 0. The van der Waals surface area contributed by atoms with E-state index in [0.29, 0.717) is 11.6 Å². The van der Waals surface area contributed by atoms with Crippen LogP contribution in [-0.4, -0.2) is 35.6 Å². The van der Waals surface area contributed by atoms with Crippen molar-refractivity contribution in [3.63, 3.8) is 0 Å². The number of piperidine rings is 1. The van der Waals surface area contributed by atoms with Crippen molar-refractivity contribution in [2.24, 2.45) is 0 Å². The minimum atomic E-state index is 0.430. The van der Waals surface area contributed by atoms with Gasteiger partial charge in [-0.2, -0.15) is 0 Å². The molecular weight excluding hydrogens is 196 g/mol. The van der Waals surface area contributed by atoms with E-state index in [1.165, 1.54) is 51.6 Å². The lowest BCUT2D eigenvalue weighted by Crippen LogP contribution is -2.61. The van der Waals surface area contributed by atoms with E-state index in [1.807, 2.05) is 0 Å². The first-order valence-corrected chi connectivity index (χ1v) is 7.20. The number of hydrogen-bond acceptors (Lipinski definition) is 2. The Morgan fingerprint density at radius 3 is 2.69 bits per heavy atom. The Kier molecular flexibility index (Phi) is 3.91. The summed E-state index contributed by atoms with van der Waals surface area (Å²) in [6.07, 6.45) is 8.27. The molecule has 0 spiro atoms. The van der Waals surface area contributed by atoms with Crippen molar-refractivity contribution in [3.8, 4) is 0 Å². The summed E-state index contributed by atoms with van der Waals surface area (Å²) in [6.45, 7) is 9.62. The smallest absolute Gasteiger partial charge is 0.0334 e. The zero-order valence-electron chi connectivity index (χ0n) is 11.3. The highest BCUT2D eigenvalue weighted by Gasteiger charge is 2.43. The van der Waals surface area contributed by atoms with Crippen molar-refractivity contribution in [2.75, 3.05) is 13.1 Å². The Balaban J connectivity index is 2.12. The van der Waals surface area contributed by atoms with E-state index in [1.54, 1.807) is 0 Å². The zero-order chi connectivity index (χ0) is 11.6. The Labute approximate surface area is 101 Å². The highest BCUT2D eigenvalue weighted by atomic mass is 15.2. The minimum Gasteiger partial charge on any atom is -0.310 e. The third kappa shape index (κ3) is 2.14. The van der Waals surface area contributed by atoms with E-state index >= 15 is 0 Å². The predicted molar refractivity (Wildman–Crippen MR) is 69.7 cm³/mol. The molecule has 2 heteroatoms. The van der Waals surface area contributed by atoms with Gasteiger partial charge in [-0.3, -0.25) is 4.90 Å². The zero-order valence-corrected chi connectivity index (χ0v) is 11.3. The van der Waals surface area contributed by atoms with Crippen LogP contribution in [0.1, 0.15) is 59.3 Å². The second-order valence-corrected chi connectivity index (χ2v) is 5.88. The van der Waals surface area contributed by atoms with Gasteiger partial charge >= 0.3 is 0 Å². The third-order valence-electron chi connectivity index (χ3n) is 4.75. The van der Waals surface area contributed by atoms with Crippen LogP contribution in [-0.2, 0) is 0 Å². The Morgan fingerprint density at radius 1 is 1.31 bits per heavy atom. The molecule has 0 saturated carbocycles. The van der Waals surface area contributed by atoms with E-state index in [-0.39, 0.29) is 0 Å². The van der Waals surface area contributed by atoms with Crippen molar-refractivity contribution >= 4 is 0 Å². The van der Waals surface area contributed by atoms with Crippen LogP contribution in [0.25, 0.3) is 0 Å². The van der Waals surface area contributed by atoms with Crippen molar-refractivity contribution in [2.45, 2.75) is 76.9 Å². The largest absolute Gasteiger partial charge is 0.310 e. The van der Waals surface area contributed by atoms with Crippen LogP contribution >= 0.6 is 0 Å². The topological polar surface area (TPSA) is 15.3 Å². The van der Waals surface area contributed by atoms with Gasteiger partial charge in [0, 0.05) is 17.6 Å². The van der Waals surface area contributed by atoms with E-state index in [2.05, 4.69) is 31.0 Å². The van der Waals surface area contributed by atoms with E-state index in [4.69, 9.17) is 0 Å². The molecule has 0 aromatic heterocycles. The SMILES string of the molecule is CCC1(C2CCCN2C(C)C)CCCCN1. The molecule has 2 aliphatic heterocycles. The average Bonchev–Trinajstić information content (AvgIpc) is 2.79. The summed E-state index contributed by atoms with van der Waals surface area (Å²) in [5.74, 6) is 0.